The molecule has 1 amide bonds. The molecule has 0 spiro atoms. The summed E-state index contributed by atoms with van der Waals surface area (Å²) in [6, 6.07) is 11.6. The van der Waals surface area contributed by atoms with Crippen LogP contribution < -0.4 is 15.7 Å². The lowest BCUT2D eigenvalue weighted by molar-refractivity contribution is -0.116. The number of nitrogens with zero attached hydrogens (tertiary/aromatic N) is 2. The van der Waals surface area contributed by atoms with Gasteiger partial charge in [0.1, 0.15) is 5.75 Å². The monoisotopic (exact) mass is 399 g/mol. The molecule has 0 unspecified atom stereocenters. The van der Waals surface area contributed by atoms with Crippen molar-refractivity contribution in [2.24, 2.45) is 20.0 Å². The third-order valence-electron chi connectivity index (χ3n) is 4.53. The summed E-state index contributed by atoms with van der Waals surface area (Å²) in [6.07, 6.45) is 0.443. The van der Waals surface area contributed by atoms with Gasteiger partial charge in [-0.1, -0.05) is 25.6 Å². The van der Waals surface area contributed by atoms with E-state index in [-0.39, 0.29) is 17.5 Å². The Bertz CT molecular complexity index is 1070. The van der Waals surface area contributed by atoms with Crippen LogP contribution in [-0.4, -0.2) is 22.2 Å². The number of hydrogen-bond donors (Lipinski definition) is 1. The van der Waals surface area contributed by atoms with Crippen molar-refractivity contribution in [3.63, 3.8) is 0 Å². The van der Waals surface area contributed by atoms with Gasteiger partial charge in [0, 0.05) is 30.3 Å². The lowest BCUT2D eigenvalue weighted by Gasteiger charge is -2.13. The Morgan fingerprint density at radius 2 is 1.71 bits per heavy atom. The first-order valence-corrected chi connectivity index (χ1v) is 9.93. The molecule has 6 nitrogen and oxygen atoms in total. The van der Waals surface area contributed by atoms with Crippen LogP contribution in [0.15, 0.2) is 51.0 Å². The van der Waals surface area contributed by atoms with Crippen LogP contribution in [0.3, 0.4) is 0 Å². The van der Waals surface area contributed by atoms with Gasteiger partial charge in [0.15, 0.2) is 0 Å². The first kappa shape index (κ1) is 20.1. The van der Waals surface area contributed by atoms with Crippen LogP contribution >= 0.6 is 11.8 Å². The van der Waals surface area contributed by atoms with Gasteiger partial charge in [0.25, 0.3) is 0 Å². The summed E-state index contributed by atoms with van der Waals surface area (Å²) in [7, 11) is 5.12. The molecular weight excluding hydrogens is 374 g/mol. The Morgan fingerprint density at radius 3 is 2.29 bits per heavy atom. The van der Waals surface area contributed by atoms with E-state index in [4.69, 9.17) is 4.74 Å². The Kier molecular flexibility index (Phi) is 5.84. The number of carbonyl (C=O) groups excluding carboxylic acids is 1. The van der Waals surface area contributed by atoms with Gasteiger partial charge in [-0.15, -0.1) is 0 Å². The molecule has 0 radical (unpaired) electrons. The average molecular weight is 400 g/mol. The summed E-state index contributed by atoms with van der Waals surface area (Å²) in [4.78, 5) is 26.6. The number of anilines is 1. The number of hydrogen-bond acceptors (Lipinski definition) is 4. The summed E-state index contributed by atoms with van der Waals surface area (Å²) in [6.45, 7) is 4.02. The third kappa shape index (κ3) is 4.09. The molecule has 3 rings (SSSR count). The van der Waals surface area contributed by atoms with Gasteiger partial charge in [-0.3, -0.25) is 13.9 Å². The lowest BCUT2D eigenvalue weighted by Crippen LogP contribution is -2.19. The molecule has 3 aromatic rings. The van der Waals surface area contributed by atoms with Crippen molar-refractivity contribution in [2.45, 2.75) is 30.1 Å². The van der Waals surface area contributed by atoms with Gasteiger partial charge in [-0.05, 0) is 42.3 Å². The van der Waals surface area contributed by atoms with E-state index in [1.807, 2.05) is 50.2 Å². The Morgan fingerprint density at radius 1 is 1.11 bits per heavy atom. The Labute approximate surface area is 168 Å². The number of aromatic nitrogens is 2. The number of imidazole rings is 1. The molecule has 0 aliphatic carbocycles. The highest BCUT2D eigenvalue weighted by Crippen LogP contribution is 2.37. The largest absolute Gasteiger partial charge is 0.497 e. The number of aryl methyl sites for hydroxylation is 2. The second-order valence-electron chi connectivity index (χ2n) is 7.16. The fourth-order valence-corrected chi connectivity index (χ4v) is 3.97. The molecule has 0 aliphatic heterocycles. The van der Waals surface area contributed by atoms with E-state index in [9.17, 15) is 9.59 Å². The minimum Gasteiger partial charge on any atom is -0.497 e. The van der Waals surface area contributed by atoms with Crippen molar-refractivity contribution in [1.82, 2.24) is 9.13 Å². The van der Waals surface area contributed by atoms with E-state index >= 15 is 0 Å². The number of ether oxygens (including phenoxy) is 1. The van der Waals surface area contributed by atoms with Crippen LogP contribution in [-0.2, 0) is 18.9 Å². The molecule has 28 heavy (non-hydrogen) atoms. The van der Waals surface area contributed by atoms with E-state index in [2.05, 4.69) is 5.32 Å². The molecule has 0 atom stereocenters. The Balaban J connectivity index is 2.05. The van der Waals surface area contributed by atoms with Crippen LogP contribution in [0.5, 0.6) is 5.75 Å². The summed E-state index contributed by atoms with van der Waals surface area (Å²) < 4.78 is 8.43. The van der Waals surface area contributed by atoms with Gasteiger partial charge in [0.05, 0.1) is 23.8 Å². The summed E-state index contributed by atoms with van der Waals surface area (Å²) >= 11 is 1.54. The van der Waals surface area contributed by atoms with Gasteiger partial charge in [-0.2, -0.15) is 0 Å². The number of carbonyl (C=O) groups is 1. The fraction of sp³-hybridized carbons (Fsp3) is 0.333. The molecule has 1 aromatic heterocycles. The van der Waals surface area contributed by atoms with Crippen LogP contribution in [0.1, 0.15) is 20.3 Å². The van der Waals surface area contributed by atoms with Crippen molar-refractivity contribution in [1.29, 1.82) is 0 Å². The minimum absolute atomic E-state index is 0.0353. The first-order valence-electron chi connectivity index (χ1n) is 9.11. The summed E-state index contributed by atoms with van der Waals surface area (Å²) in [5, 5.41) is 3.02. The highest BCUT2D eigenvalue weighted by Gasteiger charge is 2.16. The average Bonchev–Trinajstić information content (AvgIpc) is 2.86. The van der Waals surface area contributed by atoms with E-state index in [0.29, 0.717) is 12.1 Å². The highest BCUT2D eigenvalue weighted by atomic mass is 32.2. The first-order chi connectivity index (χ1) is 13.3. The number of nitrogens with one attached hydrogen (secondary N) is 1. The minimum atomic E-state index is -0.0962. The lowest BCUT2D eigenvalue weighted by atomic mass is 10.1. The third-order valence-corrected chi connectivity index (χ3v) is 5.59. The van der Waals surface area contributed by atoms with Gasteiger partial charge in [0.2, 0.25) is 5.91 Å². The second-order valence-corrected chi connectivity index (χ2v) is 8.28. The molecule has 7 heteroatoms. The van der Waals surface area contributed by atoms with Crippen molar-refractivity contribution in [2.75, 3.05) is 12.4 Å². The number of fused-ring (bicyclic) bond motifs is 1. The van der Waals surface area contributed by atoms with Crippen molar-refractivity contribution < 1.29 is 9.53 Å². The zero-order chi connectivity index (χ0) is 20.4. The zero-order valence-electron chi connectivity index (χ0n) is 16.8. The molecule has 0 fully saturated rings. The Hall–Kier alpha value is -2.67. The van der Waals surface area contributed by atoms with Gasteiger partial charge >= 0.3 is 5.69 Å². The van der Waals surface area contributed by atoms with Crippen molar-refractivity contribution >= 4 is 34.4 Å². The zero-order valence-corrected chi connectivity index (χ0v) is 17.6. The van der Waals surface area contributed by atoms with Crippen molar-refractivity contribution in [3.8, 4) is 5.75 Å². The molecule has 0 saturated carbocycles. The standard InChI is InChI=1S/C21H25N3O3S/c1-13(2)10-20(25)22-16-11-17-18(24(4)21(26)23(17)3)12-19(16)28-15-8-6-14(27-5)7-9-15/h6-9,11-13H,10H2,1-5H3,(H,22,25). The number of amides is 1. The molecule has 0 bridgehead atoms. The molecule has 1 heterocycles. The van der Waals surface area contributed by atoms with Gasteiger partial charge in [-0.25, -0.2) is 4.79 Å². The van der Waals surface area contributed by atoms with Crippen LogP contribution in [0.25, 0.3) is 11.0 Å². The van der Waals surface area contributed by atoms with Crippen LogP contribution in [0, 0.1) is 5.92 Å². The van der Waals surface area contributed by atoms with E-state index in [1.54, 1.807) is 30.3 Å². The predicted molar refractivity (Wildman–Crippen MR) is 113 cm³/mol. The molecule has 148 valence electrons. The normalized spacial score (nSPS) is 11.2. The van der Waals surface area contributed by atoms with E-state index in [1.165, 1.54) is 11.8 Å². The molecule has 2 aromatic carbocycles. The maximum Gasteiger partial charge on any atom is 0.328 e. The van der Waals surface area contributed by atoms with E-state index < -0.39 is 0 Å². The van der Waals surface area contributed by atoms with Crippen molar-refractivity contribution in [3.05, 3.63) is 46.9 Å². The topological polar surface area (TPSA) is 65.3 Å². The molecule has 1 N–H and O–H groups in total. The molecule has 0 saturated heterocycles. The smallest absolute Gasteiger partial charge is 0.328 e. The van der Waals surface area contributed by atoms with Gasteiger partial charge < -0.3 is 10.1 Å². The summed E-state index contributed by atoms with van der Waals surface area (Å²) in [5.41, 5.74) is 2.22. The van der Waals surface area contributed by atoms with E-state index in [0.717, 1.165) is 26.6 Å². The number of benzene rings is 2. The quantitative estimate of drug-likeness (QED) is 0.680. The SMILES string of the molecule is COc1ccc(Sc2cc3c(cc2NC(=O)CC(C)C)n(C)c(=O)n3C)cc1. The molecule has 0 aliphatic rings. The highest BCUT2D eigenvalue weighted by molar-refractivity contribution is 7.99. The number of rotatable bonds is 6. The maximum absolute atomic E-state index is 12.4. The maximum atomic E-state index is 12.4. The van der Waals surface area contributed by atoms with Crippen LogP contribution in [0.2, 0.25) is 0 Å². The molecular formula is C21H25N3O3S. The van der Waals surface area contributed by atoms with Crippen LogP contribution in [0.4, 0.5) is 5.69 Å². The second kappa shape index (κ2) is 8.14. The predicted octanol–water partition coefficient (Wildman–Crippen LogP) is 4.02. The fourth-order valence-electron chi connectivity index (χ4n) is 3.05. The summed E-state index contributed by atoms with van der Waals surface area (Å²) in [5.74, 6) is 1.02. The number of methoxy groups -OCH3 is 1.